The van der Waals surface area contributed by atoms with Gasteiger partial charge in [0, 0.05) is 49.9 Å². The molecule has 1 saturated heterocycles. The van der Waals surface area contributed by atoms with Crippen LogP contribution in [0.5, 0.6) is 11.5 Å². The van der Waals surface area contributed by atoms with Crippen LogP contribution < -0.4 is 10.1 Å². The molecule has 2 amide bonds. The molecular formula is C30H40N6O3. The fraction of sp³-hybridized carbons (Fsp3) is 0.367. The van der Waals surface area contributed by atoms with Gasteiger partial charge in [0.1, 0.15) is 22.9 Å². The van der Waals surface area contributed by atoms with E-state index < -0.39 is 0 Å². The molecule has 4 heterocycles. The van der Waals surface area contributed by atoms with Crippen LogP contribution in [-0.2, 0) is 4.79 Å². The number of pyridine rings is 1. The maximum absolute atomic E-state index is 11.8. The maximum atomic E-state index is 11.8. The zero-order chi connectivity index (χ0) is 28.6. The summed E-state index contributed by atoms with van der Waals surface area (Å²) in [6.45, 7) is 14.0. The van der Waals surface area contributed by atoms with E-state index in [0.717, 1.165) is 35.4 Å². The third-order valence-electron chi connectivity index (χ3n) is 5.52. The topological polar surface area (TPSA) is 113 Å². The average molecular weight is 533 g/mol. The van der Waals surface area contributed by atoms with E-state index in [1.807, 2.05) is 63.8 Å². The van der Waals surface area contributed by atoms with E-state index in [1.165, 1.54) is 19.0 Å². The Morgan fingerprint density at radius 3 is 2.23 bits per heavy atom. The second-order valence-electron chi connectivity index (χ2n) is 8.08. The van der Waals surface area contributed by atoms with Crippen LogP contribution in [0.15, 0.2) is 61.2 Å². The van der Waals surface area contributed by atoms with Crippen LogP contribution in [0.3, 0.4) is 0 Å². The van der Waals surface area contributed by atoms with Crippen LogP contribution >= 0.6 is 0 Å². The summed E-state index contributed by atoms with van der Waals surface area (Å²) in [5.41, 5.74) is 3.01. The molecule has 0 radical (unpaired) electrons. The Morgan fingerprint density at radius 2 is 1.67 bits per heavy atom. The standard InChI is InChI=1S/C20H17N5O2.C6H11NO.2C2H6/c1-2-22-20(26)17-6-4-15(11-24-17)27-14-3-5-16-13(9-14)10-18(25-16)19-12-21-7-8-23-19;1-6(8)7-4-2-3-5-7;2*1-2/h3-12,25H,2H2,1H3,(H,22,26);2-5H2,1H3;2*1-2H3. The van der Waals surface area contributed by atoms with Crippen LogP contribution in [0.2, 0.25) is 0 Å². The van der Waals surface area contributed by atoms with Crippen molar-refractivity contribution in [1.82, 2.24) is 30.2 Å². The predicted octanol–water partition coefficient (Wildman–Crippen LogP) is 6.24. The first-order valence-electron chi connectivity index (χ1n) is 13.6. The Hall–Kier alpha value is -4.27. The lowest BCUT2D eigenvalue weighted by Crippen LogP contribution is -2.24. The van der Waals surface area contributed by atoms with Gasteiger partial charge < -0.3 is 19.9 Å². The predicted molar refractivity (Wildman–Crippen MR) is 156 cm³/mol. The summed E-state index contributed by atoms with van der Waals surface area (Å²) in [6, 6.07) is 11.1. The highest BCUT2D eigenvalue weighted by molar-refractivity contribution is 5.92. The van der Waals surface area contributed by atoms with Gasteiger partial charge in [-0.2, -0.15) is 0 Å². The van der Waals surface area contributed by atoms with Gasteiger partial charge in [-0.25, -0.2) is 4.98 Å². The quantitative estimate of drug-likeness (QED) is 0.314. The lowest BCUT2D eigenvalue weighted by atomic mass is 10.2. The molecule has 0 spiro atoms. The van der Waals surface area contributed by atoms with E-state index in [4.69, 9.17) is 4.74 Å². The maximum Gasteiger partial charge on any atom is 0.269 e. The number of fused-ring (bicyclic) bond motifs is 1. The van der Waals surface area contributed by atoms with Crippen LogP contribution in [0.25, 0.3) is 22.3 Å². The van der Waals surface area contributed by atoms with E-state index >= 15 is 0 Å². The SMILES string of the molecule is CC.CC.CC(=O)N1CCCC1.CCNC(=O)c1ccc(Oc2ccc3[nH]c(-c4cnccn4)cc3c2)cn1. The molecule has 0 aliphatic carbocycles. The van der Waals surface area contributed by atoms with Gasteiger partial charge in [0.25, 0.3) is 5.91 Å². The second-order valence-corrected chi connectivity index (χ2v) is 8.08. The van der Waals surface area contributed by atoms with Crippen LogP contribution in [0.1, 0.15) is 64.9 Å². The number of nitrogens with zero attached hydrogens (tertiary/aromatic N) is 4. The van der Waals surface area contributed by atoms with E-state index in [-0.39, 0.29) is 11.8 Å². The number of aromatic nitrogens is 4. The summed E-state index contributed by atoms with van der Waals surface area (Å²) in [7, 11) is 0. The van der Waals surface area contributed by atoms with Crippen molar-refractivity contribution in [3.8, 4) is 22.9 Å². The summed E-state index contributed by atoms with van der Waals surface area (Å²) < 4.78 is 5.86. The van der Waals surface area contributed by atoms with Gasteiger partial charge in [0.2, 0.25) is 5.91 Å². The van der Waals surface area contributed by atoms with Gasteiger partial charge in [0.05, 0.1) is 18.1 Å². The lowest BCUT2D eigenvalue weighted by Gasteiger charge is -2.10. The number of amides is 2. The number of carbonyl (C=O) groups excluding carboxylic acids is 2. The van der Waals surface area contributed by atoms with Gasteiger partial charge in [-0.15, -0.1) is 0 Å². The monoisotopic (exact) mass is 532 g/mol. The Labute approximate surface area is 231 Å². The number of hydrogen-bond acceptors (Lipinski definition) is 6. The summed E-state index contributed by atoms with van der Waals surface area (Å²) in [4.78, 5) is 40.1. The molecular weight excluding hydrogens is 492 g/mol. The Bertz CT molecular complexity index is 1280. The molecule has 9 heteroatoms. The molecule has 2 N–H and O–H groups in total. The molecule has 0 bridgehead atoms. The van der Waals surface area contributed by atoms with Crippen molar-refractivity contribution < 1.29 is 14.3 Å². The molecule has 3 aromatic heterocycles. The number of aromatic amines is 1. The van der Waals surface area contributed by atoms with Crippen LogP contribution in [0.4, 0.5) is 0 Å². The highest BCUT2D eigenvalue weighted by Crippen LogP contribution is 2.28. The molecule has 39 heavy (non-hydrogen) atoms. The molecule has 1 aliphatic rings. The zero-order valence-corrected chi connectivity index (χ0v) is 23.8. The fourth-order valence-electron chi connectivity index (χ4n) is 3.74. The van der Waals surface area contributed by atoms with E-state index in [9.17, 15) is 9.59 Å². The number of ether oxygens (including phenoxy) is 1. The van der Waals surface area contributed by atoms with E-state index in [1.54, 1.807) is 37.6 Å². The third kappa shape index (κ3) is 9.21. The molecule has 208 valence electrons. The van der Waals surface area contributed by atoms with Crippen molar-refractivity contribution in [2.45, 2.75) is 54.4 Å². The first-order chi connectivity index (χ1) is 19.0. The minimum Gasteiger partial charge on any atom is -0.456 e. The smallest absolute Gasteiger partial charge is 0.269 e. The van der Waals surface area contributed by atoms with Gasteiger partial charge in [-0.05, 0) is 56.2 Å². The molecule has 9 nitrogen and oxygen atoms in total. The number of H-pyrrole nitrogens is 1. The number of hydrogen-bond donors (Lipinski definition) is 2. The minimum absolute atomic E-state index is 0.200. The molecule has 1 fully saturated rings. The summed E-state index contributed by atoms with van der Waals surface area (Å²) in [5.74, 6) is 1.27. The highest BCUT2D eigenvalue weighted by atomic mass is 16.5. The molecule has 0 unspecified atom stereocenters. The number of rotatable bonds is 5. The number of nitrogens with one attached hydrogen (secondary N) is 2. The average Bonchev–Trinajstić information content (AvgIpc) is 3.67. The number of benzene rings is 1. The van der Waals surface area contributed by atoms with Gasteiger partial charge in [-0.1, -0.05) is 27.7 Å². The lowest BCUT2D eigenvalue weighted by molar-refractivity contribution is -0.127. The Kier molecular flexibility index (Phi) is 13.1. The molecule has 0 atom stereocenters. The van der Waals surface area contributed by atoms with E-state index in [2.05, 4.69) is 25.3 Å². The largest absolute Gasteiger partial charge is 0.456 e. The Morgan fingerprint density at radius 1 is 0.949 bits per heavy atom. The fourth-order valence-corrected chi connectivity index (χ4v) is 3.74. The number of likely N-dealkylation sites (tertiary alicyclic amines) is 1. The third-order valence-corrected chi connectivity index (χ3v) is 5.52. The summed E-state index contributed by atoms with van der Waals surface area (Å²) in [5, 5.41) is 3.71. The minimum atomic E-state index is -0.200. The highest BCUT2D eigenvalue weighted by Gasteiger charge is 2.12. The molecule has 4 aromatic rings. The van der Waals surface area contributed by atoms with E-state index in [0.29, 0.717) is 23.7 Å². The first kappa shape index (κ1) is 31.0. The molecule has 1 aliphatic heterocycles. The molecule has 1 aromatic carbocycles. The van der Waals surface area contributed by atoms with Crippen LogP contribution in [-0.4, -0.2) is 56.3 Å². The van der Waals surface area contributed by atoms with Crippen molar-refractivity contribution in [1.29, 1.82) is 0 Å². The van der Waals surface area contributed by atoms with Crippen LogP contribution in [0, 0.1) is 0 Å². The van der Waals surface area contributed by atoms with Crippen molar-refractivity contribution in [3.05, 3.63) is 66.9 Å². The van der Waals surface area contributed by atoms with Gasteiger partial charge in [0.15, 0.2) is 0 Å². The van der Waals surface area contributed by atoms with Crippen molar-refractivity contribution >= 4 is 22.7 Å². The van der Waals surface area contributed by atoms with Crippen molar-refractivity contribution in [2.75, 3.05) is 19.6 Å². The normalized spacial score (nSPS) is 11.7. The summed E-state index contributed by atoms with van der Waals surface area (Å²) >= 11 is 0. The Balaban J connectivity index is 0.000000375. The summed E-state index contributed by atoms with van der Waals surface area (Å²) in [6.07, 6.45) is 8.94. The molecule has 5 rings (SSSR count). The van der Waals surface area contributed by atoms with Gasteiger partial charge >= 0.3 is 0 Å². The zero-order valence-electron chi connectivity index (χ0n) is 23.8. The van der Waals surface area contributed by atoms with Crippen molar-refractivity contribution in [3.63, 3.8) is 0 Å². The number of carbonyl (C=O) groups is 2. The molecule has 0 saturated carbocycles. The first-order valence-corrected chi connectivity index (χ1v) is 13.6. The van der Waals surface area contributed by atoms with Gasteiger partial charge in [-0.3, -0.25) is 19.6 Å². The second kappa shape index (κ2) is 16.5. The van der Waals surface area contributed by atoms with Crippen molar-refractivity contribution in [2.24, 2.45) is 0 Å².